The number of aromatic nitrogens is 1. The summed E-state index contributed by atoms with van der Waals surface area (Å²) in [5.74, 6) is -1.40. The molecular weight excluding hydrogens is 258 g/mol. The van der Waals surface area contributed by atoms with Crippen LogP contribution in [0.5, 0.6) is 0 Å². The first-order valence-electron chi connectivity index (χ1n) is 6.65. The van der Waals surface area contributed by atoms with Crippen LogP contribution >= 0.6 is 0 Å². The van der Waals surface area contributed by atoms with Crippen molar-refractivity contribution in [3.05, 3.63) is 30.1 Å². The summed E-state index contributed by atoms with van der Waals surface area (Å²) in [6.07, 6.45) is 4.70. The third-order valence-electron chi connectivity index (χ3n) is 2.98. The van der Waals surface area contributed by atoms with E-state index in [1.807, 2.05) is 19.1 Å². The quantitative estimate of drug-likeness (QED) is 0.796. The highest BCUT2D eigenvalue weighted by atomic mass is 16.4. The molecule has 0 spiro atoms. The fourth-order valence-corrected chi connectivity index (χ4v) is 1.84. The lowest BCUT2D eigenvalue weighted by Gasteiger charge is -2.19. The Bertz CT molecular complexity index is 437. The van der Waals surface area contributed by atoms with Gasteiger partial charge >= 0.3 is 12.0 Å². The number of carbonyl (C=O) groups is 2. The molecule has 0 bridgehead atoms. The molecule has 2 amide bonds. The summed E-state index contributed by atoms with van der Waals surface area (Å²) >= 11 is 0. The van der Waals surface area contributed by atoms with E-state index in [9.17, 15) is 9.59 Å². The van der Waals surface area contributed by atoms with E-state index in [2.05, 4.69) is 10.3 Å². The van der Waals surface area contributed by atoms with E-state index in [0.717, 1.165) is 12.0 Å². The molecule has 0 fully saturated rings. The Morgan fingerprint density at radius 2 is 2.25 bits per heavy atom. The molecule has 6 heteroatoms. The predicted octanol–water partition coefficient (Wildman–Crippen LogP) is 1.72. The third kappa shape index (κ3) is 5.26. The molecule has 0 aliphatic heterocycles. The molecule has 0 aliphatic carbocycles. The van der Waals surface area contributed by atoms with Crippen LogP contribution in [-0.2, 0) is 11.3 Å². The molecule has 1 unspecified atom stereocenters. The summed E-state index contributed by atoms with van der Waals surface area (Å²) in [7, 11) is 1.66. The maximum absolute atomic E-state index is 11.9. The second-order valence-corrected chi connectivity index (χ2v) is 4.73. The van der Waals surface area contributed by atoms with Gasteiger partial charge in [0, 0.05) is 32.5 Å². The Morgan fingerprint density at radius 3 is 2.80 bits per heavy atom. The minimum absolute atomic E-state index is 0.152. The van der Waals surface area contributed by atoms with E-state index in [0.29, 0.717) is 13.0 Å². The summed E-state index contributed by atoms with van der Waals surface area (Å²) in [4.78, 5) is 28.4. The average molecular weight is 279 g/mol. The monoisotopic (exact) mass is 279 g/mol. The van der Waals surface area contributed by atoms with Crippen LogP contribution in [0.3, 0.4) is 0 Å². The Labute approximate surface area is 118 Å². The van der Waals surface area contributed by atoms with Crippen LogP contribution in [-0.4, -0.2) is 40.6 Å². The van der Waals surface area contributed by atoms with Gasteiger partial charge in [0.1, 0.15) is 0 Å². The SMILES string of the molecule is CCCC(CNC(=O)N(C)Cc1cccnc1)C(=O)O. The number of hydrogen-bond acceptors (Lipinski definition) is 3. The molecule has 6 nitrogen and oxygen atoms in total. The van der Waals surface area contributed by atoms with Gasteiger partial charge in [0.2, 0.25) is 0 Å². The minimum Gasteiger partial charge on any atom is -0.481 e. The van der Waals surface area contributed by atoms with Crippen LogP contribution in [0.15, 0.2) is 24.5 Å². The fourth-order valence-electron chi connectivity index (χ4n) is 1.84. The van der Waals surface area contributed by atoms with Gasteiger partial charge in [-0.25, -0.2) is 4.79 Å². The molecule has 1 aromatic rings. The lowest BCUT2D eigenvalue weighted by atomic mass is 10.0. The zero-order chi connectivity index (χ0) is 15.0. The minimum atomic E-state index is -0.873. The molecular formula is C14H21N3O3. The molecule has 1 atom stereocenters. The Morgan fingerprint density at radius 1 is 1.50 bits per heavy atom. The van der Waals surface area contributed by atoms with Crippen LogP contribution in [0.1, 0.15) is 25.3 Å². The van der Waals surface area contributed by atoms with Gasteiger partial charge in [-0.3, -0.25) is 9.78 Å². The smallest absolute Gasteiger partial charge is 0.317 e. The summed E-state index contributed by atoms with van der Waals surface area (Å²) in [6.45, 7) is 2.51. The van der Waals surface area contributed by atoms with E-state index in [-0.39, 0.29) is 12.6 Å². The van der Waals surface area contributed by atoms with Gasteiger partial charge < -0.3 is 15.3 Å². The van der Waals surface area contributed by atoms with E-state index in [1.165, 1.54) is 4.90 Å². The number of rotatable bonds is 7. The lowest BCUT2D eigenvalue weighted by Crippen LogP contribution is -2.40. The van der Waals surface area contributed by atoms with Gasteiger partial charge in [0.25, 0.3) is 0 Å². The molecule has 1 heterocycles. The fraction of sp³-hybridized carbons (Fsp3) is 0.500. The van der Waals surface area contributed by atoms with Crippen LogP contribution in [0.25, 0.3) is 0 Å². The van der Waals surface area contributed by atoms with E-state index in [1.54, 1.807) is 19.4 Å². The van der Waals surface area contributed by atoms with Gasteiger partial charge in [-0.1, -0.05) is 19.4 Å². The van der Waals surface area contributed by atoms with Crippen molar-refractivity contribution in [1.82, 2.24) is 15.2 Å². The summed E-state index contributed by atoms with van der Waals surface area (Å²) in [5, 5.41) is 11.7. The first kappa shape index (κ1) is 15.9. The summed E-state index contributed by atoms with van der Waals surface area (Å²) < 4.78 is 0. The number of urea groups is 1. The van der Waals surface area contributed by atoms with Crippen molar-refractivity contribution in [2.45, 2.75) is 26.3 Å². The molecule has 0 aliphatic rings. The highest BCUT2D eigenvalue weighted by Crippen LogP contribution is 2.06. The van der Waals surface area contributed by atoms with Crippen molar-refractivity contribution in [2.75, 3.05) is 13.6 Å². The first-order valence-corrected chi connectivity index (χ1v) is 6.65. The normalized spacial score (nSPS) is 11.7. The van der Waals surface area contributed by atoms with Crippen molar-refractivity contribution in [3.63, 3.8) is 0 Å². The highest BCUT2D eigenvalue weighted by Gasteiger charge is 2.18. The van der Waals surface area contributed by atoms with Gasteiger partial charge in [0.15, 0.2) is 0 Å². The number of carboxylic acids is 1. The van der Waals surface area contributed by atoms with Crippen LogP contribution < -0.4 is 5.32 Å². The van der Waals surface area contributed by atoms with Crippen molar-refractivity contribution in [2.24, 2.45) is 5.92 Å². The Kier molecular flexibility index (Phi) is 6.49. The number of carboxylic acid groups (broad SMARTS) is 1. The van der Waals surface area contributed by atoms with Crippen molar-refractivity contribution >= 4 is 12.0 Å². The van der Waals surface area contributed by atoms with Crippen LogP contribution in [0, 0.1) is 5.92 Å². The number of amides is 2. The van der Waals surface area contributed by atoms with E-state index >= 15 is 0 Å². The maximum Gasteiger partial charge on any atom is 0.317 e. The molecule has 1 rings (SSSR count). The maximum atomic E-state index is 11.9. The van der Waals surface area contributed by atoms with Crippen molar-refractivity contribution in [3.8, 4) is 0 Å². The standard InChI is InChI=1S/C14H21N3O3/c1-3-5-12(13(18)19)9-16-14(20)17(2)10-11-6-4-7-15-8-11/h4,6-8,12H,3,5,9-10H2,1-2H3,(H,16,20)(H,18,19). The molecule has 2 N–H and O–H groups in total. The number of nitrogens with zero attached hydrogens (tertiary/aromatic N) is 2. The molecule has 0 radical (unpaired) electrons. The predicted molar refractivity (Wildman–Crippen MR) is 75.1 cm³/mol. The van der Waals surface area contributed by atoms with Crippen molar-refractivity contribution < 1.29 is 14.7 Å². The summed E-state index contributed by atoms with van der Waals surface area (Å²) in [5.41, 5.74) is 0.925. The average Bonchev–Trinajstić information content (AvgIpc) is 2.43. The topological polar surface area (TPSA) is 82.5 Å². The second-order valence-electron chi connectivity index (χ2n) is 4.73. The Balaban J connectivity index is 2.43. The molecule has 1 aromatic heterocycles. The number of nitrogens with one attached hydrogen (secondary N) is 1. The number of carbonyl (C=O) groups excluding carboxylic acids is 1. The molecule has 0 aromatic carbocycles. The zero-order valence-corrected chi connectivity index (χ0v) is 11.9. The van der Waals surface area contributed by atoms with Gasteiger partial charge in [0.05, 0.1) is 5.92 Å². The molecule has 20 heavy (non-hydrogen) atoms. The highest BCUT2D eigenvalue weighted by molar-refractivity contribution is 5.75. The first-order chi connectivity index (χ1) is 9.54. The van der Waals surface area contributed by atoms with Crippen LogP contribution in [0.2, 0.25) is 0 Å². The third-order valence-corrected chi connectivity index (χ3v) is 2.98. The zero-order valence-electron chi connectivity index (χ0n) is 11.9. The Hall–Kier alpha value is -2.11. The van der Waals surface area contributed by atoms with E-state index in [4.69, 9.17) is 5.11 Å². The number of hydrogen-bond donors (Lipinski definition) is 2. The van der Waals surface area contributed by atoms with Gasteiger partial charge in [-0.2, -0.15) is 0 Å². The van der Waals surface area contributed by atoms with Gasteiger partial charge in [-0.05, 0) is 18.1 Å². The molecule has 0 saturated carbocycles. The van der Waals surface area contributed by atoms with E-state index < -0.39 is 11.9 Å². The lowest BCUT2D eigenvalue weighted by molar-refractivity contribution is -0.141. The van der Waals surface area contributed by atoms with Crippen LogP contribution in [0.4, 0.5) is 4.79 Å². The van der Waals surface area contributed by atoms with Gasteiger partial charge in [-0.15, -0.1) is 0 Å². The molecule has 0 saturated heterocycles. The molecule has 110 valence electrons. The largest absolute Gasteiger partial charge is 0.481 e. The number of aliphatic carboxylic acids is 1. The summed E-state index contributed by atoms with van der Waals surface area (Å²) in [6, 6.07) is 3.41. The second kappa shape index (κ2) is 8.14. The number of pyridine rings is 1. The van der Waals surface area contributed by atoms with Crippen molar-refractivity contribution in [1.29, 1.82) is 0 Å².